The molecule has 3 rings (SSSR count). The van der Waals surface area contributed by atoms with Crippen LogP contribution in [0, 0.1) is 6.92 Å². The number of benzene rings is 3. The molecule has 0 aliphatic carbocycles. The maximum absolute atomic E-state index is 12.6. The van der Waals surface area contributed by atoms with Crippen LogP contribution in [-0.4, -0.2) is 37.2 Å². The van der Waals surface area contributed by atoms with E-state index in [-0.39, 0.29) is 5.75 Å². The molecule has 0 heterocycles. The van der Waals surface area contributed by atoms with E-state index in [1.807, 2.05) is 26.0 Å². The highest BCUT2D eigenvalue weighted by Gasteiger charge is 2.15. The van der Waals surface area contributed by atoms with E-state index in [2.05, 4.69) is 15.8 Å². The van der Waals surface area contributed by atoms with Gasteiger partial charge in [0.25, 0.3) is 0 Å². The first-order valence-electron chi connectivity index (χ1n) is 11.3. The minimum Gasteiger partial charge on any atom is -0.494 e. The van der Waals surface area contributed by atoms with E-state index in [4.69, 9.17) is 14.2 Å². The molecule has 0 fully saturated rings. The van der Waals surface area contributed by atoms with Gasteiger partial charge >= 0.3 is 17.8 Å². The third-order valence-corrected chi connectivity index (χ3v) is 4.77. The standard InChI is InChI=1S/C27H27N3O6/c1-4-34-22-13-9-20(10-14-22)27(33)36-23-15-8-19(16-24(23)35-5-2)17-28-30-26(32)25(31)29-21-11-6-18(3)7-12-21/h6-17H,4-5H2,1-3H3,(H,29,31)(H,30,32)/b28-17+. The minimum absolute atomic E-state index is 0.231. The fraction of sp³-hybridized carbons (Fsp3) is 0.185. The average Bonchev–Trinajstić information content (AvgIpc) is 2.87. The zero-order chi connectivity index (χ0) is 25.9. The first kappa shape index (κ1) is 26.0. The Balaban J connectivity index is 1.62. The van der Waals surface area contributed by atoms with Crippen LogP contribution in [-0.2, 0) is 9.59 Å². The fourth-order valence-corrected chi connectivity index (χ4v) is 3.01. The first-order chi connectivity index (χ1) is 17.4. The van der Waals surface area contributed by atoms with Gasteiger partial charge in [-0.2, -0.15) is 5.10 Å². The van der Waals surface area contributed by atoms with Crippen LogP contribution < -0.4 is 25.0 Å². The summed E-state index contributed by atoms with van der Waals surface area (Å²) in [5, 5.41) is 6.31. The van der Waals surface area contributed by atoms with Gasteiger partial charge in [0.15, 0.2) is 11.5 Å². The zero-order valence-electron chi connectivity index (χ0n) is 20.2. The Kier molecular flexibility index (Phi) is 9.16. The predicted octanol–water partition coefficient (Wildman–Crippen LogP) is 4.10. The number of nitrogens with zero attached hydrogens (tertiary/aromatic N) is 1. The Bertz CT molecular complexity index is 1240. The molecule has 9 heteroatoms. The summed E-state index contributed by atoms with van der Waals surface area (Å²) < 4.78 is 16.5. The predicted molar refractivity (Wildman–Crippen MR) is 136 cm³/mol. The summed E-state index contributed by atoms with van der Waals surface area (Å²) in [6.07, 6.45) is 1.34. The highest BCUT2D eigenvalue weighted by molar-refractivity contribution is 6.39. The van der Waals surface area contributed by atoms with Crippen molar-refractivity contribution >= 4 is 29.7 Å². The van der Waals surface area contributed by atoms with Crippen LogP contribution in [0.25, 0.3) is 0 Å². The molecular formula is C27H27N3O6. The van der Waals surface area contributed by atoms with Crippen molar-refractivity contribution < 1.29 is 28.6 Å². The number of carbonyl (C=O) groups excluding carboxylic acids is 3. The van der Waals surface area contributed by atoms with Gasteiger partial charge in [-0.05, 0) is 80.9 Å². The Morgan fingerprint density at radius 3 is 2.19 bits per heavy atom. The summed E-state index contributed by atoms with van der Waals surface area (Å²) in [7, 11) is 0. The molecule has 0 atom stereocenters. The number of hydrogen-bond donors (Lipinski definition) is 2. The summed E-state index contributed by atoms with van der Waals surface area (Å²) in [4.78, 5) is 36.6. The topological polar surface area (TPSA) is 115 Å². The summed E-state index contributed by atoms with van der Waals surface area (Å²) in [6.45, 7) is 6.46. The molecule has 0 radical (unpaired) electrons. The van der Waals surface area contributed by atoms with Crippen LogP contribution in [0.3, 0.4) is 0 Å². The molecule has 9 nitrogen and oxygen atoms in total. The van der Waals surface area contributed by atoms with Crippen molar-refractivity contribution in [2.24, 2.45) is 5.10 Å². The van der Waals surface area contributed by atoms with Crippen LogP contribution in [0.4, 0.5) is 5.69 Å². The number of nitrogens with one attached hydrogen (secondary N) is 2. The molecule has 0 saturated heterocycles. The lowest BCUT2D eigenvalue weighted by Crippen LogP contribution is -2.32. The van der Waals surface area contributed by atoms with Crippen molar-refractivity contribution in [1.82, 2.24) is 5.43 Å². The number of carbonyl (C=O) groups is 3. The van der Waals surface area contributed by atoms with Crippen molar-refractivity contribution in [3.8, 4) is 17.2 Å². The van der Waals surface area contributed by atoms with Crippen molar-refractivity contribution in [3.63, 3.8) is 0 Å². The van der Waals surface area contributed by atoms with Crippen LogP contribution >= 0.6 is 0 Å². The number of anilines is 1. The average molecular weight is 490 g/mol. The largest absolute Gasteiger partial charge is 0.494 e. The van der Waals surface area contributed by atoms with E-state index >= 15 is 0 Å². The summed E-state index contributed by atoms with van der Waals surface area (Å²) in [5.41, 5.74) is 4.63. The van der Waals surface area contributed by atoms with Gasteiger partial charge in [0, 0.05) is 5.69 Å². The molecule has 0 aromatic heterocycles. The highest BCUT2D eigenvalue weighted by atomic mass is 16.6. The highest BCUT2D eigenvalue weighted by Crippen LogP contribution is 2.29. The lowest BCUT2D eigenvalue weighted by atomic mass is 10.2. The molecule has 0 aliphatic rings. The van der Waals surface area contributed by atoms with E-state index in [1.165, 1.54) is 6.21 Å². The zero-order valence-corrected chi connectivity index (χ0v) is 20.2. The van der Waals surface area contributed by atoms with Gasteiger partial charge in [0.2, 0.25) is 0 Å². The molecule has 0 unspecified atom stereocenters. The Hall–Kier alpha value is -4.66. The molecule has 0 saturated carbocycles. The lowest BCUT2D eigenvalue weighted by Gasteiger charge is -2.11. The smallest absolute Gasteiger partial charge is 0.343 e. The Labute approximate surface area is 209 Å². The number of hydrogen-bond acceptors (Lipinski definition) is 7. The van der Waals surface area contributed by atoms with Crippen molar-refractivity contribution in [2.75, 3.05) is 18.5 Å². The molecule has 0 aliphatic heterocycles. The van der Waals surface area contributed by atoms with Crippen LogP contribution in [0.15, 0.2) is 71.8 Å². The molecule has 0 spiro atoms. The first-order valence-corrected chi connectivity index (χ1v) is 11.3. The number of esters is 1. The second kappa shape index (κ2) is 12.7. The van der Waals surface area contributed by atoms with Gasteiger partial charge in [-0.3, -0.25) is 9.59 Å². The van der Waals surface area contributed by atoms with Crippen molar-refractivity contribution in [1.29, 1.82) is 0 Å². The van der Waals surface area contributed by atoms with E-state index in [0.29, 0.717) is 41.5 Å². The second-order valence-electron chi connectivity index (χ2n) is 7.51. The van der Waals surface area contributed by atoms with Crippen molar-refractivity contribution in [2.45, 2.75) is 20.8 Å². The summed E-state index contributed by atoms with van der Waals surface area (Å²) in [5.74, 6) is -1.10. The molecule has 3 aromatic rings. The van der Waals surface area contributed by atoms with Gasteiger partial charge in [-0.15, -0.1) is 0 Å². The number of amides is 2. The quantitative estimate of drug-likeness (QED) is 0.154. The molecule has 2 amide bonds. The minimum atomic E-state index is -0.919. The number of rotatable bonds is 9. The Morgan fingerprint density at radius 1 is 0.833 bits per heavy atom. The second-order valence-corrected chi connectivity index (χ2v) is 7.51. The monoisotopic (exact) mass is 489 g/mol. The van der Waals surface area contributed by atoms with Crippen LogP contribution in [0.1, 0.15) is 35.3 Å². The van der Waals surface area contributed by atoms with Gasteiger partial charge in [-0.25, -0.2) is 10.2 Å². The van der Waals surface area contributed by atoms with Gasteiger partial charge in [-0.1, -0.05) is 17.7 Å². The number of aryl methyl sites for hydroxylation is 1. The summed E-state index contributed by atoms with van der Waals surface area (Å²) >= 11 is 0. The third kappa shape index (κ3) is 7.42. The SMILES string of the molecule is CCOc1ccc(C(=O)Oc2ccc(/C=N/NC(=O)C(=O)Nc3ccc(C)cc3)cc2OCC)cc1. The third-order valence-electron chi connectivity index (χ3n) is 4.77. The van der Waals surface area contributed by atoms with Gasteiger partial charge in [0.05, 0.1) is 25.0 Å². The van der Waals surface area contributed by atoms with Crippen molar-refractivity contribution in [3.05, 3.63) is 83.4 Å². The Morgan fingerprint density at radius 2 is 1.53 bits per heavy atom. The van der Waals surface area contributed by atoms with E-state index in [1.54, 1.807) is 61.5 Å². The van der Waals surface area contributed by atoms with Crippen LogP contribution in [0.2, 0.25) is 0 Å². The number of hydrazone groups is 1. The normalized spacial score (nSPS) is 10.5. The van der Waals surface area contributed by atoms with E-state index in [9.17, 15) is 14.4 Å². The van der Waals surface area contributed by atoms with E-state index < -0.39 is 17.8 Å². The maximum Gasteiger partial charge on any atom is 0.343 e. The lowest BCUT2D eigenvalue weighted by molar-refractivity contribution is -0.136. The van der Waals surface area contributed by atoms with Gasteiger partial charge < -0.3 is 19.5 Å². The molecule has 2 N–H and O–H groups in total. The number of ether oxygens (including phenoxy) is 3. The van der Waals surface area contributed by atoms with Crippen LogP contribution in [0.5, 0.6) is 17.2 Å². The molecule has 3 aromatic carbocycles. The summed E-state index contributed by atoms with van der Waals surface area (Å²) in [6, 6.07) is 18.5. The molecule has 0 bridgehead atoms. The van der Waals surface area contributed by atoms with Gasteiger partial charge in [0.1, 0.15) is 5.75 Å². The van der Waals surface area contributed by atoms with E-state index in [0.717, 1.165) is 5.56 Å². The maximum atomic E-state index is 12.6. The molecule has 186 valence electrons. The molecular weight excluding hydrogens is 462 g/mol. The molecule has 36 heavy (non-hydrogen) atoms. The fourth-order valence-electron chi connectivity index (χ4n) is 3.01.